The average molecular weight is 380 g/mol. The molecule has 0 unspecified atom stereocenters. The Morgan fingerprint density at radius 1 is 0.893 bits per heavy atom. The SMILES string of the molecule is COc1cc(/C=C2\CN(C)C/C(=C\c3ccncc3)C2=O)cc(OC)c1OC. The Labute approximate surface area is 165 Å². The molecule has 1 fully saturated rings. The van der Waals surface area contributed by atoms with Crippen molar-refractivity contribution in [2.24, 2.45) is 0 Å². The highest BCUT2D eigenvalue weighted by Crippen LogP contribution is 2.39. The number of ether oxygens (including phenoxy) is 3. The summed E-state index contributed by atoms with van der Waals surface area (Å²) in [6.45, 7) is 1.18. The van der Waals surface area contributed by atoms with Gasteiger partial charge in [0.2, 0.25) is 5.75 Å². The maximum atomic E-state index is 13.0. The molecule has 0 spiro atoms. The fraction of sp³-hybridized carbons (Fsp3) is 0.273. The van der Waals surface area contributed by atoms with E-state index in [1.165, 1.54) is 0 Å². The molecule has 0 aliphatic carbocycles. The van der Waals surface area contributed by atoms with Gasteiger partial charge in [0.1, 0.15) is 0 Å². The summed E-state index contributed by atoms with van der Waals surface area (Å²) in [6, 6.07) is 7.44. The number of rotatable bonds is 5. The minimum absolute atomic E-state index is 0.0451. The topological polar surface area (TPSA) is 60.9 Å². The maximum absolute atomic E-state index is 13.0. The molecule has 6 nitrogen and oxygen atoms in total. The van der Waals surface area contributed by atoms with Crippen molar-refractivity contribution >= 4 is 17.9 Å². The van der Waals surface area contributed by atoms with Crippen LogP contribution in [0.15, 0.2) is 47.8 Å². The predicted octanol–water partition coefficient (Wildman–Crippen LogP) is 3.09. The van der Waals surface area contributed by atoms with Gasteiger partial charge in [-0.3, -0.25) is 14.7 Å². The summed E-state index contributed by atoms with van der Waals surface area (Å²) in [5.74, 6) is 1.68. The van der Waals surface area contributed by atoms with Crippen LogP contribution in [0.1, 0.15) is 11.1 Å². The quantitative estimate of drug-likeness (QED) is 0.743. The number of hydrogen-bond donors (Lipinski definition) is 0. The van der Waals surface area contributed by atoms with E-state index >= 15 is 0 Å². The van der Waals surface area contributed by atoms with Crippen LogP contribution < -0.4 is 14.2 Å². The van der Waals surface area contributed by atoms with Gasteiger partial charge >= 0.3 is 0 Å². The number of benzene rings is 1. The number of carbonyl (C=O) groups excluding carboxylic acids is 1. The maximum Gasteiger partial charge on any atom is 0.203 e. The van der Waals surface area contributed by atoms with Crippen LogP contribution in [-0.2, 0) is 4.79 Å². The lowest BCUT2D eigenvalue weighted by molar-refractivity contribution is -0.113. The molecule has 0 saturated carbocycles. The Hall–Kier alpha value is -3.12. The zero-order valence-corrected chi connectivity index (χ0v) is 16.6. The number of hydrogen-bond acceptors (Lipinski definition) is 6. The van der Waals surface area contributed by atoms with Gasteiger partial charge in [0, 0.05) is 36.6 Å². The van der Waals surface area contributed by atoms with Gasteiger partial charge in [-0.2, -0.15) is 0 Å². The van der Waals surface area contributed by atoms with Crippen molar-refractivity contribution in [1.29, 1.82) is 0 Å². The van der Waals surface area contributed by atoms with Crippen LogP contribution in [0.5, 0.6) is 17.2 Å². The fourth-order valence-corrected chi connectivity index (χ4v) is 3.26. The highest BCUT2D eigenvalue weighted by Gasteiger charge is 2.24. The van der Waals surface area contributed by atoms with Gasteiger partial charge < -0.3 is 14.2 Å². The summed E-state index contributed by atoms with van der Waals surface area (Å²) in [7, 11) is 6.71. The second kappa shape index (κ2) is 8.71. The van der Waals surface area contributed by atoms with Crippen LogP contribution in [0.4, 0.5) is 0 Å². The first kappa shape index (κ1) is 19.6. The lowest BCUT2D eigenvalue weighted by atomic mass is 9.94. The second-order valence-electron chi connectivity index (χ2n) is 6.58. The number of ketones is 1. The Balaban J connectivity index is 1.99. The number of Topliss-reactive ketones (excluding diaryl/α,β-unsaturated/α-hetero) is 1. The van der Waals surface area contributed by atoms with Crippen LogP contribution in [0.2, 0.25) is 0 Å². The average Bonchev–Trinajstić information content (AvgIpc) is 2.71. The first-order valence-electron chi connectivity index (χ1n) is 8.90. The molecule has 1 saturated heterocycles. The number of piperidine rings is 1. The number of carbonyl (C=O) groups is 1. The fourth-order valence-electron chi connectivity index (χ4n) is 3.26. The number of likely N-dealkylation sites (tertiary alicyclic amines) is 1. The van der Waals surface area contributed by atoms with Gasteiger partial charge in [0.25, 0.3) is 0 Å². The van der Waals surface area contributed by atoms with Crippen molar-refractivity contribution in [2.45, 2.75) is 0 Å². The third kappa shape index (κ3) is 4.23. The van der Waals surface area contributed by atoms with Crippen LogP contribution in [0, 0.1) is 0 Å². The molecular weight excluding hydrogens is 356 g/mol. The minimum atomic E-state index is 0.0451. The number of likely N-dealkylation sites (N-methyl/N-ethyl adjacent to an activating group) is 1. The molecule has 0 radical (unpaired) electrons. The number of nitrogens with zero attached hydrogens (tertiary/aromatic N) is 2. The summed E-state index contributed by atoms with van der Waals surface area (Å²) < 4.78 is 16.2. The monoisotopic (exact) mass is 380 g/mol. The van der Waals surface area contributed by atoms with Crippen molar-refractivity contribution in [3.8, 4) is 17.2 Å². The largest absolute Gasteiger partial charge is 0.493 e. The standard InChI is InChI=1S/C22H24N2O4/c1-24-13-17(9-15-5-7-23-8-6-15)21(25)18(14-24)10-16-11-19(26-2)22(28-4)20(12-16)27-3/h5-12H,13-14H2,1-4H3/b17-9+,18-10+. The lowest BCUT2D eigenvalue weighted by Crippen LogP contribution is -2.34. The molecule has 1 aliphatic heterocycles. The smallest absolute Gasteiger partial charge is 0.203 e. The van der Waals surface area contributed by atoms with Gasteiger partial charge in [0.15, 0.2) is 17.3 Å². The molecule has 6 heteroatoms. The van der Waals surface area contributed by atoms with E-state index in [0.717, 1.165) is 16.7 Å². The Bertz CT molecular complexity index is 894. The molecule has 0 atom stereocenters. The lowest BCUT2D eigenvalue weighted by Gasteiger charge is -2.26. The first-order valence-corrected chi connectivity index (χ1v) is 8.90. The molecule has 2 aromatic rings. The normalized spacial score (nSPS) is 17.8. The molecule has 1 aliphatic rings. The highest BCUT2D eigenvalue weighted by molar-refractivity contribution is 6.14. The molecular formula is C22H24N2O4. The molecule has 2 heterocycles. The Morgan fingerprint density at radius 3 is 1.93 bits per heavy atom. The van der Waals surface area contributed by atoms with E-state index < -0.39 is 0 Å². The molecule has 0 bridgehead atoms. The van der Waals surface area contributed by atoms with Crippen LogP contribution in [-0.4, -0.2) is 57.1 Å². The second-order valence-corrected chi connectivity index (χ2v) is 6.58. The summed E-state index contributed by atoms with van der Waals surface area (Å²) in [6.07, 6.45) is 7.23. The van der Waals surface area contributed by atoms with Gasteiger partial charge in [-0.25, -0.2) is 0 Å². The van der Waals surface area contributed by atoms with Crippen molar-refractivity contribution in [3.63, 3.8) is 0 Å². The van der Waals surface area contributed by atoms with E-state index in [1.54, 1.807) is 33.7 Å². The van der Waals surface area contributed by atoms with E-state index in [9.17, 15) is 4.79 Å². The first-order chi connectivity index (χ1) is 13.5. The third-order valence-corrected chi connectivity index (χ3v) is 4.54. The molecule has 1 aromatic carbocycles. The van der Waals surface area contributed by atoms with Crippen molar-refractivity contribution < 1.29 is 19.0 Å². The summed E-state index contributed by atoms with van der Waals surface area (Å²) in [4.78, 5) is 19.2. The Morgan fingerprint density at radius 2 is 1.43 bits per heavy atom. The van der Waals surface area contributed by atoms with E-state index in [2.05, 4.69) is 9.88 Å². The van der Waals surface area contributed by atoms with Gasteiger partial charge in [-0.1, -0.05) is 0 Å². The number of pyridine rings is 1. The predicted molar refractivity (Wildman–Crippen MR) is 109 cm³/mol. The van der Waals surface area contributed by atoms with E-state index in [1.807, 2.05) is 43.5 Å². The van der Waals surface area contributed by atoms with Crippen molar-refractivity contribution in [3.05, 3.63) is 58.9 Å². The minimum Gasteiger partial charge on any atom is -0.493 e. The third-order valence-electron chi connectivity index (χ3n) is 4.54. The van der Waals surface area contributed by atoms with Gasteiger partial charge in [-0.15, -0.1) is 0 Å². The molecule has 1 aromatic heterocycles. The van der Waals surface area contributed by atoms with Crippen LogP contribution >= 0.6 is 0 Å². The zero-order valence-electron chi connectivity index (χ0n) is 16.6. The van der Waals surface area contributed by atoms with E-state index in [0.29, 0.717) is 35.9 Å². The molecule has 146 valence electrons. The molecule has 0 N–H and O–H groups in total. The van der Waals surface area contributed by atoms with Crippen molar-refractivity contribution in [2.75, 3.05) is 41.5 Å². The summed E-state index contributed by atoms with van der Waals surface area (Å²) in [5, 5.41) is 0. The number of methoxy groups -OCH3 is 3. The van der Waals surface area contributed by atoms with Gasteiger partial charge in [-0.05, 0) is 54.6 Å². The Kier molecular flexibility index (Phi) is 6.11. The number of aromatic nitrogens is 1. The zero-order chi connectivity index (χ0) is 20.1. The van der Waals surface area contributed by atoms with E-state index in [4.69, 9.17) is 14.2 Å². The van der Waals surface area contributed by atoms with Crippen LogP contribution in [0.3, 0.4) is 0 Å². The molecule has 0 amide bonds. The summed E-state index contributed by atoms with van der Waals surface area (Å²) in [5.41, 5.74) is 3.24. The van der Waals surface area contributed by atoms with Crippen molar-refractivity contribution in [1.82, 2.24) is 9.88 Å². The molecule has 3 rings (SSSR count). The van der Waals surface area contributed by atoms with Crippen LogP contribution in [0.25, 0.3) is 12.2 Å². The summed E-state index contributed by atoms with van der Waals surface area (Å²) >= 11 is 0. The van der Waals surface area contributed by atoms with Gasteiger partial charge in [0.05, 0.1) is 21.3 Å². The van der Waals surface area contributed by atoms with E-state index in [-0.39, 0.29) is 5.78 Å². The molecule has 28 heavy (non-hydrogen) atoms. The highest BCUT2D eigenvalue weighted by atomic mass is 16.5.